The van der Waals surface area contributed by atoms with Gasteiger partial charge in [0, 0.05) is 0 Å². The number of hydrogen-bond acceptors (Lipinski definition) is 4. The van der Waals surface area contributed by atoms with Crippen LogP contribution < -0.4 is 5.32 Å². The second-order valence-corrected chi connectivity index (χ2v) is 3.45. The molecule has 7 nitrogen and oxygen atoms in total. The van der Waals surface area contributed by atoms with Crippen molar-refractivity contribution in [2.75, 3.05) is 0 Å². The molecule has 0 radical (unpaired) electrons. The van der Waals surface area contributed by atoms with Gasteiger partial charge in [0.1, 0.15) is 17.4 Å². The fraction of sp³-hybridized carbons (Fsp3) is 0.200. The summed E-state index contributed by atoms with van der Waals surface area (Å²) >= 11 is 0. The van der Waals surface area contributed by atoms with Gasteiger partial charge in [-0.05, 0) is 19.1 Å². The third-order valence-corrected chi connectivity index (χ3v) is 2.12. The molecule has 1 rings (SSSR count). The predicted molar refractivity (Wildman–Crippen MR) is 57.6 cm³/mol. The van der Waals surface area contributed by atoms with Crippen LogP contribution in [-0.2, 0) is 4.79 Å². The highest BCUT2D eigenvalue weighted by Gasteiger charge is 2.23. The maximum Gasteiger partial charge on any atom is 0.325 e. The van der Waals surface area contributed by atoms with E-state index in [0.717, 1.165) is 12.1 Å². The molecule has 1 aromatic carbocycles. The Kier molecular flexibility index (Phi) is 3.93. The lowest BCUT2D eigenvalue weighted by Gasteiger charge is -2.09. The number of rotatable bonds is 4. The molecule has 0 aromatic heterocycles. The Labute approximate surface area is 100 Å². The normalized spacial score (nSPS) is 11.7. The summed E-state index contributed by atoms with van der Waals surface area (Å²) in [5.41, 5.74) is -1.11. The molecule has 0 aliphatic carbocycles. The first-order chi connectivity index (χ1) is 8.32. The molecule has 1 amide bonds. The fourth-order valence-corrected chi connectivity index (χ4v) is 1.18. The van der Waals surface area contributed by atoms with Gasteiger partial charge in [-0.2, -0.15) is 0 Å². The minimum atomic E-state index is -1.28. The lowest BCUT2D eigenvalue weighted by atomic mass is 10.1. The lowest BCUT2D eigenvalue weighted by molar-refractivity contribution is -0.385. The van der Waals surface area contributed by atoms with E-state index in [2.05, 4.69) is 0 Å². The third-order valence-electron chi connectivity index (χ3n) is 2.12. The number of carboxylic acids is 1. The number of carbonyl (C=O) groups is 2. The molecule has 18 heavy (non-hydrogen) atoms. The van der Waals surface area contributed by atoms with Crippen molar-refractivity contribution >= 4 is 17.6 Å². The minimum Gasteiger partial charge on any atom is -0.480 e. The smallest absolute Gasteiger partial charge is 0.325 e. The average molecular weight is 256 g/mol. The van der Waals surface area contributed by atoms with E-state index in [9.17, 15) is 24.1 Å². The second kappa shape index (κ2) is 5.21. The average Bonchev–Trinajstić information content (AvgIpc) is 2.28. The standard InChI is InChI=1S/C10H9FN2O5/c1-5(10(15)16)12-9(14)7-3-2-6(11)4-8(7)13(17)18/h2-5H,1H3,(H,12,14)(H,15,16)/t5-/m1/s1. The van der Waals surface area contributed by atoms with Crippen LogP contribution >= 0.6 is 0 Å². The summed E-state index contributed by atoms with van der Waals surface area (Å²) in [6.07, 6.45) is 0. The highest BCUT2D eigenvalue weighted by Crippen LogP contribution is 2.19. The SMILES string of the molecule is C[C@@H](NC(=O)c1ccc(F)cc1[N+](=O)[O-])C(=O)O. The van der Waals surface area contributed by atoms with Crippen LogP contribution in [0.2, 0.25) is 0 Å². The summed E-state index contributed by atoms with van der Waals surface area (Å²) in [4.78, 5) is 31.9. The molecule has 0 unspecified atom stereocenters. The molecule has 0 heterocycles. The van der Waals surface area contributed by atoms with Crippen LogP contribution in [-0.4, -0.2) is 27.9 Å². The Morgan fingerprint density at radius 2 is 2.11 bits per heavy atom. The summed E-state index contributed by atoms with van der Waals surface area (Å²) in [5.74, 6) is -3.09. The van der Waals surface area contributed by atoms with Gasteiger partial charge >= 0.3 is 5.97 Å². The Morgan fingerprint density at radius 3 is 2.61 bits per heavy atom. The molecule has 0 fully saturated rings. The molecule has 8 heteroatoms. The molecule has 0 aliphatic heterocycles. The molecule has 0 aliphatic rings. The number of carbonyl (C=O) groups excluding carboxylic acids is 1. The van der Waals surface area contributed by atoms with E-state index in [0.29, 0.717) is 6.07 Å². The molecule has 96 valence electrons. The van der Waals surface area contributed by atoms with Gasteiger partial charge in [-0.25, -0.2) is 4.39 Å². The Morgan fingerprint density at radius 1 is 1.50 bits per heavy atom. The van der Waals surface area contributed by atoms with E-state index in [4.69, 9.17) is 5.11 Å². The summed E-state index contributed by atoms with van der Waals surface area (Å²) in [5, 5.41) is 21.3. The van der Waals surface area contributed by atoms with Crippen molar-refractivity contribution in [2.24, 2.45) is 0 Å². The minimum absolute atomic E-state index is 0.394. The quantitative estimate of drug-likeness (QED) is 0.615. The van der Waals surface area contributed by atoms with Crippen molar-refractivity contribution in [1.29, 1.82) is 0 Å². The zero-order chi connectivity index (χ0) is 13.9. The number of benzene rings is 1. The van der Waals surface area contributed by atoms with Gasteiger partial charge in [-0.15, -0.1) is 0 Å². The van der Waals surface area contributed by atoms with Gasteiger partial charge in [-0.3, -0.25) is 19.7 Å². The molecule has 0 saturated heterocycles. The number of nitrogens with zero attached hydrogens (tertiary/aromatic N) is 1. The molecule has 0 bridgehead atoms. The number of nitro groups is 1. The van der Waals surface area contributed by atoms with Crippen LogP contribution in [0.25, 0.3) is 0 Å². The van der Waals surface area contributed by atoms with E-state index < -0.39 is 39.9 Å². The summed E-state index contributed by atoms with van der Waals surface area (Å²) in [6, 6.07) is 1.20. The van der Waals surface area contributed by atoms with Crippen LogP contribution in [0, 0.1) is 15.9 Å². The fourth-order valence-electron chi connectivity index (χ4n) is 1.18. The molecule has 0 saturated carbocycles. The van der Waals surface area contributed by atoms with Gasteiger partial charge in [0.15, 0.2) is 0 Å². The van der Waals surface area contributed by atoms with E-state index in [-0.39, 0.29) is 0 Å². The zero-order valence-electron chi connectivity index (χ0n) is 9.21. The van der Waals surface area contributed by atoms with Crippen LogP contribution in [0.3, 0.4) is 0 Å². The van der Waals surface area contributed by atoms with E-state index in [1.165, 1.54) is 6.92 Å². The first kappa shape index (κ1) is 13.6. The number of aliphatic carboxylic acids is 1. The molecular weight excluding hydrogens is 247 g/mol. The van der Waals surface area contributed by atoms with Crippen molar-refractivity contribution in [2.45, 2.75) is 13.0 Å². The summed E-state index contributed by atoms with van der Waals surface area (Å²) in [6.45, 7) is 1.20. The molecule has 1 atom stereocenters. The van der Waals surface area contributed by atoms with Crippen LogP contribution in [0.4, 0.5) is 10.1 Å². The van der Waals surface area contributed by atoms with Crippen LogP contribution in [0.5, 0.6) is 0 Å². The van der Waals surface area contributed by atoms with Crippen molar-refractivity contribution in [3.8, 4) is 0 Å². The number of hydrogen-bond donors (Lipinski definition) is 2. The predicted octanol–water partition coefficient (Wildman–Crippen LogP) is 0.937. The van der Waals surface area contributed by atoms with E-state index >= 15 is 0 Å². The number of halogens is 1. The maximum absolute atomic E-state index is 12.8. The van der Waals surface area contributed by atoms with Gasteiger partial charge in [-0.1, -0.05) is 0 Å². The van der Waals surface area contributed by atoms with Gasteiger partial charge in [0.2, 0.25) is 0 Å². The van der Waals surface area contributed by atoms with Crippen molar-refractivity contribution < 1.29 is 24.0 Å². The van der Waals surface area contributed by atoms with Crippen molar-refractivity contribution in [1.82, 2.24) is 5.32 Å². The Bertz CT molecular complexity index is 517. The number of amides is 1. The molecule has 0 spiro atoms. The van der Waals surface area contributed by atoms with Crippen LogP contribution in [0.15, 0.2) is 18.2 Å². The molecule has 2 N–H and O–H groups in total. The number of nitro benzene ring substituents is 1. The Hall–Kier alpha value is -2.51. The topological polar surface area (TPSA) is 110 Å². The molecule has 1 aromatic rings. The highest BCUT2D eigenvalue weighted by molar-refractivity contribution is 5.99. The van der Waals surface area contributed by atoms with Gasteiger partial charge in [0.05, 0.1) is 11.0 Å². The zero-order valence-corrected chi connectivity index (χ0v) is 9.21. The number of carboxylic acid groups (broad SMARTS) is 1. The van der Waals surface area contributed by atoms with Crippen molar-refractivity contribution in [3.63, 3.8) is 0 Å². The largest absolute Gasteiger partial charge is 0.480 e. The highest BCUT2D eigenvalue weighted by atomic mass is 19.1. The van der Waals surface area contributed by atoms with Crippen LogP contribution in [0.1, 0.15) is 17.3 Å². The first-order valence-corrected chi connectivity index (χ1v) is 4.80. The molecular formula is C10H9FN2O5. The number of nitrogens with one attached hydrogen (secondary N) is 1. The summed E-state index contributed by atoms with van der Waals surface area (Å²) in [7, 11) is 0. The van der Waals surface area contributed by atoms with Gasteiger partial charge < -0.3 is 10.4 Å². The lowest BCUT2D eigenvalue weighted by Crippen LogP contribution is -2.38. The Balaban J connectivity index is 3.06. The monoisotopic (exact) mass is 256 g/mol. The maximum atomic E-state index is 12.8. The van der Waals surface area contributed by atoms with Crippen molar-refractivity contribution in [3.05, 3.63) is 39.7 Å². The third kappa shape index (κ3) is 3.00. The van der Waals surface area contributed by atoms with E-state index in [1.54, 1.807) is 0 Å². The second-order valence-electron chi connectivity index (χ2n) is 3.45. The first-order valence-electron chi connectivity index (χ1n) is 4.80. The van der Waals surface area contributed by atoms with E-state index in [1.807, 2.05) is 5.32 Å². The van der Waals surface area contributed by atoms with Gasteiger partial charge in [0.25, 0.3) is 11.6 Å². The summed E-state index contributed by atoms with van der Waals surface area (Å²) < 4.78 is 12.8.